The summed E-state index contributed by atoms with van der Waals surface area (Å²) in [4.78, 5) is 50.6. The molecule has 4 aromatic rings. The second-order valence-electron chi connectivity index (χ2n) is 13.4. The molecule has 1 fully saturated rings. The lowest BCUT2D eigenvalue weighted by molar-refractivity contribution is -0.145. The van der Waals surface area contributed by atoms with Gasteiger partial charge in [-0.1, -0.05) is 47.8 Å². The van der Waals surface area contributed by atoms with Crippen LogP contribution < -0.4 is 19.7 Å². The molecule has 278 valence electrons. The number of anilines is 1. The number of carbonyl (C=O) groups is 4. The lowest BCUT2D eigenvalue weighted by Gasteiger charge is -2.42. The molecule has 2 aliphatic rings. The van der Waals surface area contributed by atoms with Gasteiger partial charge in [-0.15, -0.1) is 0 Å². The van der Waals surface area contributed by atoms with Crippen molar-refractivity contribution in [3.05, 3.63) is 93.5 Å². The predicted molar refractivity (Wildman–Crippen MR) is 194 cm³/mol. The van der Waals surface area contributed by atoms with Crippen LogP contribution in [0.2, 0.25) is 10.0 Å². The summed E-state index contributed by atoms with van der Waals surface area (Å²) in [5.41, 5.74) is 2.48. The molecule has 3 N–H and O–H groups in total. The van der Waals surface area contributed by atoms with Crippen molar-refractivity contribution in [2.45, 2.75) is 58.0 Å². The first-order chi connectivity index (χ1) is 25.3. The van der Waals surface area contributed by atoms with E-state index in [2.05, 4.69) is 10.4 Å². The maximum Gasteiger partial charge on any atom is 0.326 e. The molecule has 2 amide bonds. The highest BCUT2D eigenvalue weighted by Gasteiger charge is 2.43. The molecule has 1 aromatic heterocycles. The second kappa shape index (κ2) is 15.8. The number of rotatable bonds is 13. The zero-order valence-corrected chi connectivity index (χ0v) is 30.3. The third-order valence-electron chi connectivity index (χ3n) is 9.68. The standard InChI is InChI=1S/C38H37Cl2FN4O8/c1-22-27(39)7-3-9-32(22)52-13-4-10-33(46)45-20-38(11-5-12-38)21-53-35-25(6-2-8-31(35)45)24-17-42-44(18-24)19-26-28(40)14-23(15-29(26)41)36(49)43-30(37(50)51)16-34(47)48/h2-3,6-9,14-15,17-18,30H,4-5,10-13,16,19-21H2,1H3,(H,43,49)(H,47,48)(H,50,51)/t30-/m0/s1. The molecule has 6 rings (SSSR count). The van der Waals surface area contributed by atoms with E-state index in [1.807, 2.05) is 42.2 Å². The number of halogens is 3. The Morgan fingerprint density at radius 1 is 1.09 bits per heavy atom. The van der Waals surface area contributed by atoms with E-state index in [1.165, 1.54) is 10.7 Å². The third-order valence-corrected chi connectivity index (χ3v) is 10.4. The Morgan fingerprint density at radius 2 is 1.87 bits per heavy atom. The number of nitrogens with one attached hydrogen (secondary N) is 1. The van der Waals surface area contributed by atoms with Crippen molar-refractivity contribution >= 4 is 52.6 Å². The number of carboxylic acid groups (broad SMARTS) is 2. The number of para-hydroxylation sites is 1. The second-order valence-corrected chi connectivity index (χ2v) is 14.2. The van der Waals surface area contributed by atoms with Gasteiger partial charge in [-0.2, -0.15) is 5.10 Å². The van der Waals surface area contributed by atoms with E-state index in [0.29, 0.717) is 59.5 Å². The van der Waals surface area contributed by atoms with Crippen molar-refractivity contribution in [1.82, 2.24) is 15.1 Å². The van der Waals surface area contributed by atoms with Crippen LogP contribution in [0, 0.1) is 18.2 Å². The SMILES string of the molecule is Cc1c(Cl)cccc1OCCCC(=O)N1CC2(CCC2)COc2c(-c3cnn(Cc4c(F)cc(C(=O)N[C@@H](CC(=O)O)C(=O)O)cc4Cl)c3)cccc21. The minimum Gasteiger partial charge on any atom is -0.493 e. The number of nitrogens with zero attached hydrogens (tertiary/aromatic N) is 3. The Bertz CT molecular complexity index is 2040. The molecule has 53 heavy (non-hydrogen) atoms. The van der Waals surface area contributed by atoms with Gasteiger partial charge in [0.2, 0.25) is 5.91 Å². The van der Waals surface area contributed by atoms with Gasteiger partial charge in [0.25, 0.3) is 5.91 Å². The minimum absolute atomic E-state index is 0.0273. The summed E-state index contributed by atoms with van der Waals surface area (Å²) < 4.78 is 29.2. The van der Waals surface area contributed by atoms with E-state index >= 15 is 4.39 Å². The van der Waals surface area contributed by atoms with Crippen LogP contribution in [0.3, 0.4) is 0 Å². The zero-order valence-electron chi connectivity index (χ0n) is 28.7. The number of aliphatic carboxylic acids is 2. The average molecular weight is 768 g/mol. The molecule has 0 unspecified atom stereocenters. The van der Waals surface area contributed by atoms with Crippen LogP contribution in [0.5, 0.6) is 11.5 Å². The largest absolute Gasteiger partial charge is 0.493 e. The highest BCUT2D eigenvalue weighted by atomic mass is 35.5. The Morgan fingerprint density at radius 3 is 2.57 bits per heavy atom. The van der Waals surface area contributed by atoms with Gasteiger partial charge >= 0.3 is 11.9 Å². The highest BCUT2D eigenvalue weighted by molar-refractivity contribution is 6.32. The van der Waals surface area contributed by atoms with E-state index in [0.717, 1.165) is 30.9 Å². The first-order valence-electron chi connectivity index (χ1n) is 17.0. The van der Waals surface area contributed by atoms with Crippen LogP contribution in [0.4, 0.5) is 10.1 Å². The van der Waals surface area contributed by atoms with Gasteiger partial charge in [0.1, 0.15) is 17.6 Å². The van der Waals surface area contributed by atoms with Gasteiger partial charge in [-0.25, -0.2) is 9.18 Å². The predicted octanol–water partition coefficient (Wildman–Crippen LogP) is 6.77. The van der Waals surface area contributed by atoms with Crippen molar-refractivity contribution in [2.75, 3.05) is 24.7 Å². The summed E-state index contributed by atoms with van der Waals surface area (Å²) in [6.45, 7) is 3.13. The maximum atomic E-state index is 15.3. The van der Waals surface area contributed by atoms with Gasteiger partial charge in [0.15, 0.2) is 5.75 Å². The van der Waals surface area contributed by atoms with E-state index in [-0.39, 0.29) is 40.4 Å². The lowest BCUT2D eigenvalue weighted by Crippen LogP contribution is -2.46. The summed E-state index contributed by atoms with van der Waals surface area (Å²) >= 11 is 12.6. The summed E-state index contributed by atoms with van der Waals surface area (Å²) in [5.74, 6) is -3.60. The fourth-order valence-corrected chi connectivity index (χ4v) is 6.98. The first kappa shape index (κ1) is 37.6. The van der Waals surface area contributed by atoms with Gasteiger partial charge in [0, 0.05) is 62.4 Å². The Kier molecular flexibility index (Phi) is 11.2. The Hall–Kier alpha value is -5.14. The fourth-order valence-electron chi connectivity index (χ4n) is 6.55. The number of carbonyl (C=O) groups excluding carboxylic acids is 2. The van der Waals surface area contributed by atoms with Gasteiger partial charge in [0.05, 0.1) is 38.1 Å². The average Bonchev–Trinajstić information content (AvgIpc) is 3.48. The number of aromatic nitrogens is 2. The Labute approximate surface area is 314 Å². The topological polar surface area (TPSA) is 160 Å². The van der Waals surface area contributed by atoms with Gasteiger partial charge in [-0.3, -0.25) is 19.1 Å². The van der Waals surface area contributed by atoms with Crippen LogP contribution in [0.25, 0.3) is 11.1 Å². The molecule has 1 spiro atoms. The Balaban J connectivity index is 1.18. The number of hydrogen-bond donors (Lipinski definition) is 3. The molecule has 0 radical (unpaired) electrons. The van der Waals surface area contributed by atoms with Crippen molar-refractivity contribution in [2.24, 2.45) is 5.41 Å². The molecule has 15 heteroatoms. The van der Waals surface area contributed by atoms with Gasteiger partial charge < -0.3 is 29.9 Å². The van der Waals surface area contributed by atoms with Crippen molar-refractivity contribution < 1.29 is 43.3 Å². The van der Waals surface area contributed by atoms with Crippen molar-refractivity contribution in [3.63, 3.8) is 0 Å². The highest BCUT2D eigenvalue weighted by Crippen LogP contribution is 2.49. The summed E-state index contributed by atoms with van der Waals surface area (Å²) in [7, 11) is 0. The summed E-state index contributed by atoms with van der Waals surface area (Å²) in [6, 6.07) is 11.4. The first-order valence-corrected chi connectivity index (χ1v) is 17.8. The fraction of sp³-hybridized carbons (Fsp3) is 0.342. The van der Waals surface area contributed by atoms with Crippen molar-refractivity contribution in [1.29, 1.82) is 0 Å². The monoisotopic (exact) mass is 766 g/mol. The van der Waals surface area contributed by atoms with E-state index in [1.54, 1.807) is 18.5 Å². The molecule has 0 bridgehead atoms. The molecule has 1 aliphatic heterocycles. The zero-order chi connectivity index (χ0) is 37.9. The smallest absolute Gasteiger partial charge is 0.326 e. The van der Waals surface area contributed by atoms with Crippen molar-refractivity contribution in [3.8, 4) is 22.6 Å². The number of amides is 2. The number of carboxylic acids is 2. The molecule has 1 saturated carbocycles. The molecular formula is C38H37Cl2FN4O8. The molecule has 1 atom stereocenters. The molecule has 3 aromatic carbocycles. The third kappa shape index (κ3) is 8.42. The van der Waals surface area contributed by atoms with Gasteiger partial charge in [-0.05, 0) is 56.5 Å². The number of hydrogen-bond acceptors (Lipinski definition) is 7. The molecular weight excluding hydrogens is 730 g/mol. The number of fused-ring (bicyclic) bond motifs is 1. The maximum absolute atomic E-state index is 15.3. The summed E-state index contributed by atoms with van der Waals surface area (Å²) in [6.07, 6.45) is 6.18. The number of benzene rings is 3. The summed E-state index contributed by atoms with van der Waals surface area (Å²) in [5, 5.41) is 25.2. The van der Waals surface area contributed by atoms with Crippen LogP contribution in [-0.2, 0) is 20.9 Å². The minimum atomic E-state index is -1.71. The van der Waals surface area contributed by atoms with E-state index in [9.17, 15) is 24.3 Å². The van der Waals surface area contributed by atoms with E-state index in [4.69, 9.17) is 37.8 Å². The van der Waals surface area contributed by atoms with Crippen LogP contribution in [0.15, 0.2) is 60.9 Å². The van der Waals surface area contributed by atoms with E-state index < -0.39 is 36.1 Å². The number of ether oxygens (including phenoxy) is 2. The normalized spacial score (nSPS) is 15.1. The van der Waals surface area contributed by atoms with Crippen LogP contribution in [0.1, 0.15) is 60.0 Å². The molecule has 0 saturated heterocycles. The molecule has 1 aliphatic carbocycles. The molecule has 12 nitrogen and oxygen atoms in total. The van der Waals surface area contributed by atoms with Crippen LogP contribution in [-0.4, -0.2) is 69.5 Å². The molecule has 2 heterocycles. The quantitative estimate of drug-likeness (QED) is 0.125. The van der Waals surface area contributed by atoms with Crippen LogP contribution >= 0.6 is 23.2 Å². The lowest BCUT2D eigenvalue weighted by atomic mass is 9.69.